The molecule has 0 radical (unpaired) electrons. The summed E-state index contributed by atoms with van der Waals surface area (Å²) in [5.74, 6) is 0. The van der Waals surface area contributed by atoms with Crippen molar-refractivity contribution in [3.05, 3.63) is 68.7 Å². The zero-order valence-electron chi connectivity index (χ0n) is 12.8. The standard InChI is InChI=1S/C16H12Cl2F6N2/c17-9-5-1-3-7(15(19,20)21)11(9)13(25)14(26)12-8(16(22,23)24)4-2-6-10(12)18/h1-6,13-14H,25-26H2. The van der Waals surface area contributed by atoms with Crippen LogP contribution in [0.25, 0.3) is 0 Å². The summed E-state index contributed by atoms with van der Waals surface area (Å²) < 4.78 is 79.4. The van der Waals surface area contributed by atoms with Gasteiger partial charge in [-0.05, 0) is 24.3 Å². The largest absolute Gasteiger partial charge is 0.416 e. The SMILES string of the molecule is NC(c1c(Cl)cccc1C(F)(F)F)C(N)c1c(Cl)cccc1C(F)(F)F. The zero-order chi connectivity index (χ0) is 19.9. The van der Waals surface area contributed by atoms with Crippen molar-refractivity contribution in [1.82, 2.24) is 0 Å². The summed E-state index contributed by atoms with van der Waals surface area (Å²) in [4.78, 5) is 0. The van der Waals surface area contributed by atoms with Crippen molar-refractivity contribution >= 4 is 23.2 Å². The summed E-state index contributed by atoms with van der Waals surface area (Å²) in [6.45, 7) is 0. The van der Waals surface area contributed by atoms with Crippen LogP contribution in [0.1, 0.15) is 34.3 Å². The second-order valence-corrected chi connectivity index (χ2v) is 6.26. The van der Waals surface area contributed by atoms with E-state index in [1.165, 1.54) is 0 Å². The van der Waals surface area contributed by atoms with Gasteiger partial charge in [-0.25, -0.2) is 0 Å². The van der Waals surface area contributed by atoms with Crippen LogP contribution < -0.4 is 11.5 Å². The first-order valence-electron chi connectivity index (χ1n) is 7.08. The highest BCUT2D eigenvalue weighted by molar-refractivity contribution is 6.32. The van der Waals surface area contributed by atoms with Gasteiger partial charge < -0.3 is 11.5 Å². The third kappa shape index (κ3) is 4.09. The maximum absolute atomic E-state index is 13.2. The van der Waals surface area contributed by atoms with E-state index < -0.39 is 46.7 Å². The first-order valence-corrected chi connectivity index (χ1v) is 7.83. The van der Waals surface area contributed by atoms with Gasteiger partial charge in [0.05, 0.1) is 23.2 Å². The van der Waals surface area contributed by atoms with Gasteiger partial charge in [0.2, 0.25) is 0 Å². The molecule has 0 fully saturated rings. The summed E-state index contributed by atoms with van der Waals surface area (Å²) in [5.41, 5.74) is 8.09. The Kier molecular flexibility index (Phi) is 5.82. The second-order valence-electron chi connectivity index (χ2n) is 5.45. The minimum Gasteiger partial charge on any atom is -0.322 e. The summed E-state index contributed by atoms with van der Waals surface area (Å²) in [5, 5.41) is -0.716. The fourth-order valence-electron chi connectivity index (χ4n) is 2.61. The van der Waals surface area contributed by atoms with Crippen LogP contribution in [0.4, 0.5) is 26.3 Å². The summed E-state index contributed by atoms with van der Waals surface area (Å²) in [7, 11) is 0. The first-order chi connectivity index (χ1) is 11.9. The number of hydrogen-bond donors (Lipinski definition) is 2. The van der Waals surface area contributed by atoms with Crippen LogP contribution in [-0.2, 0) is 12.4 Å². The Hall–Kier alpha value is -1.48. The molecule has 2 rings (SSSR count). The second kappa shape index (κ2) is 7.26. The van der Waals surface area contributed by atoms with E-state index in [0.29, 0.717) is 0 Å². The molecular weight excluding hydrogens is 405 g/mol. The maximum Gasteiger partial charge on any atom is 0.416 e. The van der Waals surface area contributed by atoms with E-state index in [9.17, 15) is 26.3 Å². The predicted molar refractivity (Wildman–Crippen MR) is 86.8 cm³/mol. The summed E-state index contributed by atoms with van der Waals surface area (Å²) in [6, 6.07) is 2.51. The lowest BCUT2D eigenvalue weighted by Crippen LogP contribution is -2.31. The third-order valence-corrected chi connectivity index (χ3v) is 4.43. The Bertz CT molecular complexity index is 737. The molecule has 0 heterocycles. The fourth-order valence-corrected chi connectivity index (χ4v) is 3.21. The van der Waals surface area contributed by atoms with Crippen molar-refractivity contribution in [2.75, 3.05) is 0 Å². The normalized spacial score (nSPS) is 15.0. The van der Waals surface area contributed by atoms with Gasteiger partial charge in [-0.15, -0.1) is 0 Å². The van der Waals surface area contributed by atoms with Gasteiger partial charge in [-0.2, -0.15) is 26.3 Å². The van der Waals surface area contributed by atoms with E-state index in [-0.39, 0.29) is 10.0 Å². The summed E-state index contributed by atoms with van der Waals surface area (Å²) >= 11 is 11.7. The Morgan fingerprint density at radius 1 is 0.654 bits per heavy atom. The van der Waals surface area contributed by atoms with Gasteiger partial charge in [0.15, 0.2) is 0 Å². The molecule has 26 heavy (non-hydrogen) atoms. The maximum atomic E-state index is 13.2. The van der Waals surface area contributed by atoms with Crippen LogP contribution >= 0.6 is 23.2 Å². The highest BCUT2D eigenvalue weighted by atomic mass is 35.5. The van der Waals surface area contributed by atoms with Crippen molar-refractivity contribution in [1.29, 1.82) is 0 Å². The molecule has 2 nitrogen and oxygen atoms in total. The fraction of sp³-hybridized carbons (Fsp3) is 0.250. The molecule has 2 aromatic rings. The molecule has 142 valence electrons. The Morgan fingerprint density at radius 3 is 1.23 bits per heavy atom. The molecule has 0 spiro atoms. The number of alkyl halides is 6. The number of rotatable bonds is 3. The van der Waals surface area contributed by atoms with Gasteiger partial charge in [0, 0.05) is 21.2 Å². The van der Waals surface area contributed by atoms with Crippen molar-refractivity contribution in [2.45, 2.75) is 24.4 Å². The number of halogens is 8. The molecule has 0 aliphatic carbocycles. The molecule has 10 heteroatoms. The molecule has 0 saturated carbocycles. The lowest BCUT2D eigenvalue weighted by atomic mass is 9.89. The van der Waals surface area contributed by atoms with Gasteiger partial charge in [-0.3, -0.25) is 0 Å². The van der Waals surface area contributed by atoms with E-state index in [2.05, 4.69) is 0 Å². The third-order valence-electron chi connectivity index (χ3n) is 3.77. The van der Waals surface area contributed by atoms with E-state index in [0.717, 1.165) is 36.4 Å². The summed E-state index contributed by atoms with van der Waals surface area (Å²) in [6.07, 6.45) is -9.63. The van der Waals surface area contributed by atoms with E-state index >= 15 is 0 Å². The van der Waals surface area contributed by atoms with Crippen LogP contribution in [0.5, 0.6) is 0 Å². The molecule has 0 aliphatic rings. The predicted octanol–water partition coefficient (Wildman–Crippen LogP) is 5.73. The van der Waals surface area contributed by atoms with Crippen LogP contribution in [0.2, 0.25) is 10.0 Å². The topological polar surface area (TPSA) is 52.0 Å². The molecule has 0 saturated heterocycles. The molecule has 4 N–H and O–H groups in total. The van der Waals surface area contributed by atoms with Crippen molar-refractivity contribution in [2.24, 2.45) is 11.5 Å². The molecule has 0 aromatic heterocycles. The molecule has 2 aromatic carbocycles. The van der Waals surface area contributed by atoms with Crippen molar-refractivity contribution < 1.29 is 26.3 Å². The van der Waals surface area contributed by atoms with Gasteiger partial charge in [-0.1, -0.05) is 35.3 Å². The molecular formula is C16H12Cl2F6N2. The van der Waals surface area contributed by atoms with Gasteiger partial charge >= 0.3 is 12.4 Å². The van der Waals surface area contributed by atoms with Crippen LogP contribution in [-0.4, -0.2) is 0 Å². The number of hydrogen-bond acceptors (Lipinski definition) is 2. The Labute approximate surface area is 154 Å². The molecule has 0 bridgehead atoms. The minimum absolute atomic E-state index is 0.358. The van der Waals surface area contributed by atoms with E-state index in [4.69, 9.17) is 34.7 Å². The lowest BCUT2D eigenvalue weighted by Gasteiger charge is -2.27. The van der Waals surface area contributed by atoms with E-state index in [1.807, 2.05) is 0 Å². The van der Waals surface area contributed by atoms with Crippen LogP contribution in [0.3, 0.4) is 0 Å². The highest BCUT2D eigenvalue weighted by Crippen LogP contribution is 2.44. The smallest absolute Gasteiger partial charge is 0.322 e. The van der Waals surface area contributed by atoms with Crippen molar-refractivity contribution in [3.63, 3.8) is 0 Å². The molecule has 2 unspecified atom stereocenters. The van der Waals surface area contributed by atoms with E-state index in [1.54, 1.807) is 0 Å². The number of benzene rings is 2. The first kappa shape index (κ1) is 20.8. The number of nitrogens with two attached hydrogens (primary N) is 2. The molecule has 0 amide bonds. The average Bonchev–Trinajstić information content (AvgIpc) is 2.51. The highest BCUT2D eigenvalue weighted by Gasteiger charge is 2.40. The zero-order valence-corrected chi connectivity index (χ0v) is 14.3. The quantitative estimate of drug-likeness (QED) is 0.627. The van der Waals surface area contributed by atoms with Crippen molar-refractivity contribution in [3.8, 4) is 0 Å². The van der Waals surface area contributed by atoms with Gasteiger partial charge in [0.1, 0.15) is 0 Å². The molecule has 2 atom stereocenters. The van der Waals surface area contributed by atoms with Crippen LogP contribution in [0.15, 0.2) is 36.4 Å². The molecule has 0 aliphatic heterocycles. The lowest BCUT2D eigenvalue weighted by molar-refractivity contribution is -0.139. The minimum atomic E-state index is -4.81. The van der Waals surface area contributed by atoms with Gasteiger partial charge in [0.25, 0.3) is 0 Å². The average molecular weight is 417 g/mol. The Morgan fingerprint density at radius 2 is 0.962 bits per heavy atom. The Balaban J connectivity index is 2.63. The monoisotopic (exact) mass is 416 g/mol. The van der Waals surface area contributed by atoms with Crippen LogP contribution in [0, 0.1) is 0 Å².